The van der Waals surface area contributed by atoms with E-state index in [4.69, 9.17) is 22.9 Å². The van der Waals surface area contributed by atoms with Crippen LogP contribution in [0.1, 0.15) is 58.8 Å². The van der Waals surface area contributed by atoms with Gasteiger partial charge < -0.3 is 44.0 Å². The summed E-state index contributed by atoms with van der Waals surface area (Å²) in [5.74, 6) is -5.79. The summed E-state index contributed by atoms with van der Waals surface area (Å²) >= 11 is 0. The lowest BCUT2D eigenvalue weighted by atomic mass is 9.97. The fraction of sp³-hybridized carbons (Fsp3) is 0.714. The van der Waals surface area contributed by atoms with E-state index in [0.29, 0.717) is 32.2 Å². The quantitative estimate of drug-likeness (QED) is 0.0898. The molecule has 0 spiro atoms. The lowest BCUT2D eigenvalue weighted by molar-refractivity contribution is -0.143. The van der Waals surface area contributed by atoms with Crippen LogP contribution >= 0.6 is 0 Å². The Hall–Kier alpha value is -3.26. The number of carboxylic acids is 1. The maximum atomic E-state index is 12.9. The summed E-state index contributed by atoms with van der Waals surface area (Å²) in [6.07, 6.45) is 0.946. The molecule has 0 bridgehead atoms. The highest BCUT2D eigenvalue weighted by Gasteiger charge is 2.33. The highest BCUT2D eigenvalue weighted by Crippen LogP contribution is 2.10. The normalized spacial score (nSPS) is 15.1. The molecule has 0 aliphatic carbocycles. The average Bonchev–Trinajstić information content (AvgIpc) is 2.78. The molecule has 0 radical (unpaired) electrons. The van der Waals surface area contributed by atoms with Crippen molar-refractivity contribution in [2.45, 2.75) is 83.0 Å². The Balaban J connectivity index is 5.50. The van der Waals surface area contributed by atoms with Gasteiger partial charge in [0.05, 0.1) is 12.5 Å². The molecule has 0 heterocycles. The topological polar surface area (TPSA) is 263 Å². The van der Waals surface area contributed by atoms with Crippen molar-refractivity contribution in [2.75, 3.05) is 6.54 Å². The summed E-state index contributed by atoms with van der Waals surface area (Å²) in [7, 11) is 0. The van der Waals surface area contributed by atoms with Crippen molar-refractivity contribution in [3.05, 3.63) is 0 Å². The SMILES string of the molecule is CCC(C)C(NC(=O)C(CC(N)=O)NC(=O)C(N)CCCCN)C(=O)NC(CCC(N)=O)C(=O)O. The van der Waals surface area contributed by atoms with Crippen molar-refractivity contribution >= 4 is 35.5 Å². The van der Waals surface area contributed by atoms with Crippen LogP contribution in [0.3, 0.4) is 0 Å². The number of rotatable bonds is 18. The number of primary amides is 2. The Bertz CT molecular complexity index is 762. The molecule has 0 aromatic rings. The van der Waals surface area contributed by atoms with Crippen molar-refractivity contribution in [2.24, 2.45) is 28.9 Å². The van der Waals surface area contributed by atoms with Gasteiger partial charge in [0.15, 0.2) is 0 Å². The molecule has 5 unspecified atom stereocenters. The highest BCUT2D eigenvalue weighted by atomic mass is 16.4. The molecule has 0 saturated carbocycles. The van der Waals surface area contributed by atoms with Crippen LogP contribution in [0.25, 0.3) is 0 Å². The van der Waals surface area contributed by atoms with Crippen LogP contribution in [0.4, 0.5) is 0 Å². The summed E-state index contributed by atoms with van der Waals surface area (Å²) < 4.78 is 0. The summed E-state index contributed by atoms with van der Waals surface area (Å²) in [5, 5.41) is 16.5. The van der Waals surface area contributed by atoms with Gasteiger partial charge >= 0.3 is 5.97 Å². The van der Waals surface area contributed by atoms with E-state index in [9.17, 15) is 33.9 Å². The Labute approximate surface area is 204 Å². The maximum Gasteiger partial charge on any atom is 0.326 e. The number of hydrogen-bond acceptors (Lipinski definition) is 8. The Morgan fingerprint density at radius 2 is 1.43 bits per heavy atom. The van der Waals surface area contributed by atoms with E-state index < -0.39 is 72.0 Å². The van der Waals surface area contributed by atoms with Gasteiger partial charge in [-0.25, -0.2) is 4.79 Å². The molecule has 200 valence electrons. The van der Waals surface area contributed by atoms with Gasteiger partial charge in [-0.2, -0.15) is 0 Å². The molecule has 5 atom stereocenters. The Morgan fingerprint density at radius 3 is 1.91 bits per heavy atom. The number of aliphatic carboxylic acids is 1. The van der Waals surface area contributed by atoms with E-state index >= 15 is 0 Å². The van der Waals surface area contributed by atoms with Crippen molar-refractivity contribution in [1.82, 2.24) is 16.0 Å². The first-order valence-electron chi connectivity index (χ1n) is 11.5. The van der Waals surface area contributed by atoms with E-state index in [1.54, 1.807) is 13.8 Å². The maximum absolute atomic E-state index is 12.9. The zero-order valence-electron chi connectivity index (χ0n) is 20.2. The first kappa shape index (κ1) is 31.7. The summed E-state index contributed by atoms with van der Waals surface area (Å²) in [5.41, 5.74) is 21.5. The van der Waals surface area contributed by atoms with Gasteiger partial charge in [0.1, 0.15) is 18.1 Å². The molecule has 0 aromatic heterocycles. The molecule has 14 nitrogen and oxygen atoms in total. The van der Waals surface area contributed by atoms with Gasteiger partial charge in [-0.15, -0.1) is 0 Å². The van der Waals surface area contributed by atoms with Gasteiger partial charge in [0.2, 0.25) is 29.5 Å². The van der Waals surface area contributed by atoms with E-state index in [-0.39, 0.29) is 12.8 Å². The molecule has 0 aliphatic rings. The fourth-order valence-electron chi connectivity index (χ4n) is 3.09. The number of nitrogens with one attached hydrogen (secondary N) is 3. The monoisotopic (exact) mass is 501 g/mol. The van der Waals surface area contributed by atoms with Gasteiger partial charge in [0.25, 0.3) is 0 Å². The molecule has 0 aliphatic heterocycles. The number of hydrogen-bond donors (Lipinski definition) is 8. The van der Waals surface area contributed by atoms with Crippen LogP contribution in [0.15, 0.2) is 0 Å². The predicted molar refractivity (Wildman–Crippen MR) is 126 cm³/mol. The molecule has 5 amide bonds. The van der Waals surface area contributed by atoms with Crippen molar-refractivity contribution < 1.29 is 33.9 Å². The molecule has 12 N–H and O–H groups in total. The second kappa shape index (κ2) is 16.4. The Kier molecular flexibility index (Phi) is 14.9. The number of carbonyl (C=O) groups excluding carboxylic acids is 5. The third kappa shape index (κ3) is 12.7. The van der Waals surface area contributed by atoms with Crippen LogP contribution in [-0.2, 0) is 28.8 Å². The molecular weight excluding hydrogens is 462 g/mol. The second-order valence-corrected chi connectivity index (χ2v) is 8.40. The van der Waals surface area contributed by atoms with Gasteiger partial charge in [-0.3, -0.25) is 24.0 Å². The van der Waals surface area contributed by atoms with E-state index in [2.05, 4.69) is 16.0 Å². The van der Waals surface area contributed by atoms with Gasteiger partial charge in [0, 0.05) is 6.42 Å². The highest BCUT2D eigenvalue weighted by molar-refractivity contribution is 5.96. The van der Waals surface area contributed by atoms with Crippen LogP contribution < -0.4 is 38.9 Å². The van der Waals surface area contributed by atoms with E-state index in [0.717, 1.165) is 0 Å². The predicted octanol–water partition coefficient (Wildman–Crippen LogP) is -2.83. The lowest BCUT2D eigenvalue weighted by Gasteiger charge is -2.27. The second-order valence-electron chi connectivity index (χ2n) is 8.40. The largest absolute Gasteiger partial charge is 0.480 e. The van der Waals surface area contributed by atoms with E-state index in [1.807, 2.05) is 0 Å². The molecule has 0 fully saturated rings. The zero-order valence-corrected chi connectivity index (χ0v) is 20.2. The molecule has 14 heteroatoms. The number of carbonyl (C=O) groups is 6. The average molecular weight is 502 g/mol. The third-order valence-corrected chi connectivity index (χ3v) is 5.43. The van der Waals surface area contributed by atoms with Crippen LogP contribution in [0.2, 0.25) is 0 Å². The van der Waals surface area contributed by atoms with E-state index in [1.165, 1.54) is 0 Å². The van der Waals surface area contributed by atoms with Crippen LogP contribution in [-0.4, -0.2) is 71.3 Å². The Morgan fingerprint density at radius 1 is 0.829 bits per heavy atom. The molecular formula is C21H39N7O7. The molecule has 0 rings (SSSR count). The lowest BCUT2D eigenvalue weighted by Crippen LogP contribution is -2.59. The van der Waals surface area contributed by atoms with Gasteiger partial charge in [-0.05, 0) is 31.7 Å². The van der Waals surface area contributed by atoms with Crippen molar-refractivity contribution in [1.29, 1.82) is 0 Å². The first-order valence-corrected chi connectivity index (χ1v) is 11.5. The fourth-order valence-corrected chi connectivity index (χ4v) is 3.09. The van der Waals surface area contributed by atoms with Gasteiger partial charge in [-0.1, -0.05) is 26.7 Å². The zero-order chi connectivity index (χ0) is 27.1. The number of nitrogens with two attached hydrogens (primary N) is 4. The van der Waals surface area contributed by atoms with Crippen molar-refractivity contribution in [3.63, 3.8) is 0 Å². The molecule has 0 saturated heterocycles. The number of unbranched alkanes of at least 4 members (excludes halogenated alkanes) is 1. The molecule has 0 aromatic carbocycles. The standard InChI is InChI=1S/C21H39N7O7/c1-3-11(2)17(20(33)26-13(21(34)35)7-8-15(24)29)28-19(32)14(10-16(25)30)27-18(31)12(23)6-4-5-9-22/h11-14,17H,3-10,22-23H2,1-2H3,(H2,24,29)(H2,25,30)(H,26,33)(H,27,31)(H,28,32)(H,34,35). The third-order valence-electron chi connectivity index (χ3n) is 5.43. The summed E-state index contributed by atoms with van der Waals surface area (Å²) in [6.45, 7) is 3.84. The summed E-state index contributed by atoms with van der Waals surface area (Å²) in [6, 6.07) is -4.95. The molecule has 35 heavy (non-hydrogen) atoms. The smallest absolute Gasteiger partial charge is 0.326 e. The minimum absolute atomic E-state index is 0.236. The van der Waals surface area contributed by atoms with Crippen LogP contribution in [0, 0.1) is 5.92 Å². The number of amides is 5. The summed E-state index contributed by atoms with van der Waals surface area (Å²) in [4.78, 5) is 72.1. The minimum atomic E-state index is -1.41. The number of carboxylic acid groups (broad SMARTS) is 1. The first-order chi connectivity index (χ1) is 16.3. The van der Waals surface area contributed by atoms with Crippen molar-refractivity contribution in [3.8, 4) is 0 Å². The minimum Gasteiger partial charge on any atom is -0.480 e. The van der Waals surface area contributed by atoms with Crippen LogP contribution in [0.5, 0.6) is 0 Å².